The zero-order valence-electron chi connectivity index (χ0n) is 14.2. The lowest BCUT2D eigenvalue weighted by molar-refractivity contribution is 0.0449. The van der Waals surface area contributed by atoms with E-state index in [2.05, 4.69) is 4.98 Å². The number of benzene rings is 2. The van der Waals surface area contributed by atoms with Gasteiger partial charge in [0.15, 0.2) is 11.6 Å². The van der Waals surface area contributed by atoms with Crippen LogP contribution in [0.5, 0.6) is 5.75 Å². The summed E-state index contributed by atoms with van der Waals surface area (Å²) in [5, 5.41) is 0.813. The lowest BCUT2D eigenvalue weighted by atomic mass is 10.0. The zero-order chi connectivity index (χ0) is 17.9. The zero-order valence-corrected chi connectivity index (χ0v) is 14.2. The van der Waals surface area contributed by atoms with E-state index in [1.54, 1.807) is 18.2 Å². The fraction of sp³-hybridized carbons (Fsp3) is 0.238. The lowest BCUT2D eigenvalue weighted by Gasteiger charge is -2.12. The van der Waals surface area contributed by atoms with E-state index in [0.717, 1.165) is 41.4 Å². The van der Waals surface area contributed by atoms with Crippen molar-refractivity contribution in [2.24, 2.45) is 0 Å². The Hall–Kier alpha value is -2.95. The van der Waals surface area contributed by atoms with Gasteiger partial charge in [0.25, 0.3) is 0 Å². The van der Waals surface area contributed by atoms with Crippen molar-refractivity contribution in [1.29, 1.82) is 0 Å². The fourth-order valence-electron chi connectivity index (χ4n) is 3.36. The van der Waals surface area contributed by atoms with E-state index in [4.69, 9.17) is 9.47 Å². The van der Waals surface area contributed by atoms with Gasteiger partial charge >= 0.3 is 5.97 Å². The van der Waals surface area contributed by atoms with E-state index in [1.807, 2.05) is 24.3 Å². The Kier molecular flexibility index (Phi) is 4.52. The van der Waals surface area contributed by atoms with Crippen LogP contribution in [0.4, 0.5) is 4.39 Å². The van der Waals surface area contributed by atoms with Crippen LogP contribution in [0.15, 0.2) is 48.5 Å². The Morgan fingerprint density at radius 3 is 2.73 bits per heavy atom. The Balaban J connectivity index is 1.49. The number of hydrogen-bond donors (Lipinski definition) is 0. The number of halogens is 1. The molecule has 3 aromatic rings. The minimum atomic E-state index is -0.434. The molecule has 2 aromatic carbocycles. The smallest absolute Gasteiger partial charge is 0.339 e. The van der Waals surface area contributed by atoms with Crippen LogP contribution >= 0.6 is 0 Å². The van der Waals surface area contributed by atoms with Crippen molar-refractivity contribution in [2.75, 3.05) is 13.2 Å². The number of carbonyl (C=O) groups excluding carboxylic acids is 1. The van der Waals surface area contributed by atoms with Crippen molar-refractivity contribution in [3.05, 3.63) is 71.2 Å². The third-order valence-corrected chi connectivity index (χ3v) is 4.53. The molecule has 5 heteroatoms. The molecule has 0 saturated carbocycles. The van der Waals surface area contributed by atoms with E-state index in [1.165, 1.54) is 6.07 Å². The van der Waals surface area contributed by atoms with Crippen molar-refractivity contribution in [1.82, 2.24) is 4.98 Å². The molecule has 0 radical (unpaired) electrons. The molecule has 0 spiro atoms. The largest absolute Gasteiger partial charge is 0.487 e. The highest BCUT2D eigenvalue weighted by Crippen LogP contribution is 2.30. The summed E-state index contributed by atoms with van der Waals surface area (Å²) in [5.41, 5.74) is 3.39. The summed E-state index contributed by atoms with van der Waals surface area (Å²) in [6.07, 6.45) is 2.72. The van der Waals surface area contributed by atoms with Gasteiger partial charge in [-0.1, -0.05) is 30.3 Å². The number of para-hydroxylation sites is 2. The van der Waals surface area contributed by atoms with Gasteiger partial charge in [-0.05, 0) is 43.0 Å². The Morgan fingerprint density at radius 2 is 1.85 bits per heavy atom. The first kappa shape index (κ1) is 16.5. The quantitative estimate of drug-likeness (QED) is 0.513. The van der Waals surface area contributed by atoms with E-state index in [9.17, 15) is 9.18 Å². The highest BCUT2D eigenvalue weighted by atomic mass is 19.1. The van der Waals surface area contributed by atoms with Gasteiger partial charge in [-0.15, -0.1) is 0 Å². The molecule has 0 fully saturated rings. The standard InChI is InChI=1S/C21H18FNO3/c22-16-8-2-4-11-19(16)25-12-13-26-21(24)20-14-6-1-3-9-17(14)23-18-10-5-7-15(18)20/h1-4,6,8-9,11H,5,7,10,12-13H2. The number of nitrogens with zero attached hydrogens (tertiary/aromatic N) is 1. The number of rotatable bonds is 5. The number of ether oxygens (including phenoxy) is 2. The molecule has 0 bridgehead atoms. The molecule has 4 nitrogen and oxygen atoms in total. The van der Waals surface area contributed by atoms with Crippen LogP contribution in [0.1, 0.15) is 28.0 Å². The maximum absolute atomic E-state index is 13.5. The second-order valence-corrected chi connectivity index (χ2v) is 6.20. The Morgan fingerprint density at radius 1 is 1.04 bits per heavy atom. The average Bonchev–Trinajstić information content (AvgIpc) is 3.12. The molecule has 0 amide bonds. The second kappa shape index (κ2) is 7.12. The predicted octanol–water partition coefficient (Wildman–Crippen LogP) is 4.10. The number of carbonyl (C=O) groups is 1. The predicted molar refractivity (Wildman–Crippen MR) is 95.9 cm³/mol. The molecule has 0 N–H and O–H groups in total. The van der Waals surface area contributed by atoms with Gasteiger partial charge in [0.1, 0.15) is 13.2 Å². The van der Waals surface area contributed by atoms with Gasteiger partial charge < -0.3 is 9.47 Å². The van der Waals surface area contributed by atoms with Gasteiger partial charge in [0, 0.05) is 11.1 Å². The first-order valence-electron chi connectivity index (χ1n) is 8.69. The molecule has 1 aromatic heterocycles. The lowest BCUT2D eigenvalue weighted by Crippen LogP contribution is -2.15. The van der Waals surface area contributed by atoms with Crippen LogP contribution in [0.3, 0.4) is 0 Å². The Labute approximate surface area is 150 Å². The molecule has 132 valence electrons. The van der Waals surface area contributed by atoms with Crippen LogP contribution in [-0.2, 0) is 17.6 Å². The number of aromatic nitrogens is 1. The number of aryl methyl sites for hydroxylation is 1. The molecular formula is C21H18FNO3. The summed E-state index contributed by atoms with van der Waals surface area (Å²) in [4.78, 5) is 17.4. The normalized spacial score (nSPS) is 12.8. The molecule has 1 heterocycles. The summed E-state index contributed by atoms with van der Waals surface area (Å²) in [6.45, 7) is 0.149. The van der Waals surface area contributed by atoms with Gasteiger partial charge in [-0.25, -0.2) is 9.18 Å². The molecule has 0 aliphatic heterocycles. The average molecular weight is 351 g/mol. The topological polar surface area (TPSA) is 48.4 Å². The summed E-state index contributed by atoms with van der Waals surface area (Å²) in [6, 6.07) is 13.8. The van der Waals surface area contributed by atoms with Gasteiger partial charge in [0.2, 0.25) is 0 Å². The van der Waals surface area contributed by atoms with Crippen molar-refractivity contribution >= 4 is 16.9 Å². The van der Waals surface area contributed by atoms with Gasteiger partial charge in [-0.3, -0.25) is 4.98 Å². The van der Waals surface area contributed by atoms with Crippen molar-refractivity contribution in [3.8, 4) is 5.75 Å². The molecule has 1 aliphatic rings. The third-order valence-electron chi connectivity index (χ3n) is 4.53. The number of hydrogen-bond acceptors (Lipinski definition) is 4. The molecule has 26 heavy (non-hydrogen) atoms. The number of esters is 1. The molecule has 1 aliphatic carbocycles. The van der Waals surface area contributed by atoms with Gasteiger partial charge in [0.05, 0.1) is 11.1 Å². The maximum Gasteiger partial charge on any atom is 0.339 e. The van der Waals surface area contributed by atoms with Crippen LogP contribution in [0, 0.1) is 5.82 Å². The minimum Gasteiger partial charge on any atom is -0.487 e. The first-order chi connectivity index (χ1) is 12.7. The third kappa shape index (κ3) is 3.12. The molecule has 0 atom stereocenters. The fourth-order valence-corrected chi connectivity index (χ4v) is 3.36. The van der Waals surface area contributed by atoms with E-state index >= 15 is 0 Å². The second-order valence-electron chi connectivity index (χ2n) is 6.20. The van der Waals surface area contributed by atoms with Crippen molar-refractivity contribution in [3.63, 3.8) is 0 Å². The molecule has 4 rings (SSSR count). The molecule has 0 unspecified atom stereocenters. The molecule has 0 saturated heterocycles. The number of fused-ring (bicyclic) bond motifs is 2. The summed E-state index contributed by atoms with van der Waals surface area (Å²) >= 11 is 0. The van der Waals surface area contributed by atoms with Crippen LogP contribution < -0.4 is 4.74 Å². The first-order valence-corrected chi connectivity index (χ1v) is 8.69. The summed E-state index contributed by atoms with van der Waals surface area (Å²) in [5.74, 6) is -0.658. The highest BCUT2D eigenvalue weighted by Gasteiger charge is 2.24. The maximum atomic E-state index is 13.5. The monoisotopic (exact) mass is 351 g/mol. The van der Waals surface area contributed by atoms with E-state index in [-0.39, 0.29) is 24.9 Å². The minimum absolute atomic E-state index is 0.0542. The van der Waals surface area contributed by atoms with Crippen LogP contribution in [0.25, 0.3) is 10.9 Å². The Bertz CT molecular complexity index is 971. The highest BCUT2D eigenvalue weighted by molar-refractivity contribution is 6.05. The van der Waals surface area contributed by atoms with Crippen molar-refractivity contribution in [2.45, 2.75) is 19.3 Å². The van der Waals surface area contributed by atoms with Crippen LogP contribution in [-0.4, -0.2) is 24.2 Å². The molecular weight excluding hydrogens is 333 g/mol. The van der Waals surface area contributed by atoms with E-state index in [0.29, 0.717) is 5.56 Å². The summed E-state index contributed by atoms with van der Waals surface area (Å²) < 4.78 is 24.3. The van der Waals surface area contributed by atoms with Crippen molar-refractivity contribution < 1.29 is 18.7 Å². The summed E-state index contributed by atoms with van der Waals surface area (Å²) in [7, 11) is 0. The number of pyridine rings is 1. The SMILES string of the molecule is O=C(OCCOc1ccccc1F)c1c2c(nc3ccccc13)CCC2. The van der Waals surface area contributed by atoms with Gasteiger partial charge in [-0.2, -0.15) is 0 Å². The van der Waals surface area contributed by atoms with E-state index < -0.39 is 5.82 Å². The van der Waals surface area contributed by atoms with Crippen LogP contribution in [0.2, 0.25) is 0 Å².